The fourth-order valence-corrected chi connectivity index (χ4v) is 1.74. The molecule has 1 heterocycles. The van der Waals surface area contributed by atoms with Crippen molar-refractivity contribution in [1.82, 2.24) is 0 Å². The fourth-order valence-electron chi connectivity index (χ4n) is 1.74. The largest absolute Gasteiger partial charge is 0.394 e. The highest BCUT2D eigenvalue weighted by molar-refractivity contribution is 5.24. The topological polar surface area (TPSA) is 99.4 Å². The Bertz CT molecular complexity index is 341. The maximum Gasteiger partial charge on any atom is 0.184 e. The minimum atomic E-state index is -1.42. The summed E-state index contributed by atoms with van der Waals surface area (Å²) in [5.41, 5.74) is 0.581. The SMILES string of the molecule is C=C/C=C(\C=C)C1OCC(O)C(C(O)C(O)CO)O1.CC. The van der Waals surface area contributed by atoms with Gasteiger partial charge in [0.2, 0.25) is 0 Å². The molecule has 0 aliphatic carbocycles. The Labute approximate surface area is 125 Å². The summed E-state index contributed by atoms with van der Waals surface area (Å²) < 4.78 is 10.7. The van der Waals surface area contributed by atoms with Gasteiger partial charge in [-0.2, -0.15) is 0 Å². The molecule has 122 valence electrons. The average molecular weight is 302 g/mol. The van der Waals surface area contributed by atoms with Crippen LogP contribution in [0.25, 0.3) is 0 Å². The molecular formula is C15H26O6. The van der Waals surface area contributed by atoms with Gasteiger partial charge in [-0.05, 0) is 0 Å². The third kappa shape index (κ3) is 5.70. The van der Waals surface area contributed by atoms with Gasteiger partial charge in [0.05, 0.1) is 13.2 Å². The third-order valence-electron chi connectivity index (χ3n) is 2.81. The predicted molar refractivity (Wildman–Crippen MR) is 79.5 cm³/mol. The van der Waals surface area contributed by atoms with E-state index in [1.54, 1.807) is 6.08 Å². The Morgan fingerprint density at radius 1 is 1.33 bits per heavy atom. The van der Waals surface area contributed by atoms with Gasteiger partial charge >= 0.3 is 0 Å². The van der Waals surface area contributed by atoms with Crippen molar-refractivity contribution < 1.29 is 29.9 Å². The van der Waals surface area contributed by atoms with Crippen LogP contribution in [0, 0.1) is 0 Å². The number of aliphatic hydroxyl groups excluding tert-OH is 4. The van der Waals surface area contributed by atoms with Crippen molar-refractivity contribution in [3.8, 4) is 0 Å². The highest BCUT2D eigenvalue weighted by Crippen LogP contribution is 2.23. The van der Waals surface area contributed by atoms with Gasteiger partial charge in [0.25, 0.3) is 0 Å². The zero-order valence-electron chi connectivity index (χ0n) is 12.6. The molecule has 21 heavy (non-hydrogen) atoms. The van der Waals surface area contributed by atoms with Crippen LogP contribution < -0.4 is 0 Å². The van der Waals surface area contributed by atoms with Gasteiger partial charge in [-0.15, -0.1) is 0 Å². The first-order chi connectivity index (χ1) is 10.0. The molecule has 6 heteroatoms. The Kier molecular flexibility index (Phi) is 10.2. The molecule has 6 nitrogen and oxygen atoms in total. The highest BCUT2D eigenvalue weighted by Gasteiger charge is 2.39. The molecule has 0 amide bonds. The quantitative estimate of drug-likeness (QED) is 0.520. The van der Waals surface area contributed by atoms with E-state index in [1.807, 2.05) is 13.8 Å². The maximum absolute atomic E-state index is 9.80. The Hall–Kier alpha value is -1.02. The van der Waals surface area contributed by atoms with E-state index in [2.05, 4.69) is 13.2 Å². The summed E-state index contributed by atoms with van der Waals surface area (Å²) in [7, 11) is 0. The van der Waals surface area contributed by atoms with Crippen LogP contribution in [0.4, 0.5) is 0 Å². The van der Waals surface area contributed by atoms with Crippen molar-refractivity contribution in [1.29, 1.82) is 0 Å². The van der Waals surface area contributed by atoms with E-state index in [0.29, 0.717) is 5.57 Å². The average Bonchev–Trinajstić information content (AvgIpc) is 2.53. The molecule has 1 rings (SSSR count). The predicted octanol–water partition coefficient (Wildman–Crippen LogP) is 0.127. The molecule has 5 unspecified atom stereocenters. The van der Waals surface area contributed by atoms with Crippen molar-refractivity contribution in [3.05, 3.63) is 37.0 Å². The molecule has 1 aliphatic rings. The summed E-state index contributed by atoms with van der Waals surface area (Å²) in [6.45, 7) is 10.5. The Balaban J connectivity index is 0.00000191. The van der Waals surface area contributed by atoms with E-state index in [1.165, 1.54) is 12.2 Å². The summed E-state index contributed by atoms with van der Waals surface area (Å²) in [5, 5.41) is 37.7. The van der Waals surface area contributed by atoms with Crippen LogP contribution in [0.2, 0.25) is 0 Å². The van der Waals surface area contributed by atoms with Crippen LogP contribution in [-0.4, -0.2) is 64.3 Å². The molecule has 0 bridgehead atoms. The molecule has 1 fully saturated rings. The molecule has 4 N–H and O–H groups in total. The van der Waals surface area contributed by atoms with E-state index >= 15 is 0 Å². The molecular weight excluding hydrogens is 276 g/mol. The molecule has 0 aromatic carbocycles. The highest BCUT2D eigenvalue weighted by atomic mass is 16.7. The minimum Gasteiger partial charge on any atom is -0.394 e. The van der Waals surface area contributed by atoms with Gasteiger partial charge in [-0.3, -0.25) is 0 Å². The second-order valence-electron chi connectivity index (χ2n) is 4.18. The summed E-state index contributed by atoms with van der Waals surface area (Å²) >= 11 is 0. The summed E-state index contributed by atoms with van der Waals surface area (Å²) in [4.78, 5) is 0. The summed E-state index contributed by atoms with van der Waals surface area (Å²) in [6.07, 6.45) is -1.11. The smallest absolute Gasteiger partial charge is 0.184 e. The second-order valence-corrected chi connectivity index (χ2v) is 4.18. The zero-order valence-corrected chi connectivity index (χ0v) is 12.6. The molecule has 5 atom stereocenters. The van der Waals surface area contributed by atoms with Crippen molar-refractivity contribution in [3.63, 3.8) is 0 Å². The number of hydrogen-bond acceptors (Lipinski definition) is 6. The molecule has 0 radical (unpaired) electrons. The van der Waals surface area contributed by atoms with Gasteiger partial charge in [-0.1, -0.05) is 45.2 Å². The van der Waals surface area contributed by atoms with Crippen LogP contribution >= 0.6 is 0 Å². The lowest BCUT2D eigenvalue weighted by atomic mass is 10.0. The minimum absolute atomic E-state index is 0.0626. The molecule has 0 aromatic heterocycles. The lowest BCUT2D eigenvalue weighted by Gasteiger charge is -2.37. The van der Waals surface area contributed by atoms with E-state index in [-0.39, 0.29) is 6.61 Å². The molecule has 0 aromatic rings. The lowest BCUT2D eigenvalue weighted by molar-refractivity contribution is -0.265. The summed E-state index contributed by atoms with van der Waals surface area (Å²) in [5.74, 6) is 0. The Morgan fingerprint density at radius 3 is 2.43 bits per heavy atom. The molecule has 1 saturated heterocycles. The fraction of sp³-hybridized carbons (Fsp3) is 0.600. The van der Waals surface area contributed by atoms with Crippen LogP contribution in [0.3, 0.4) is 0 Å². The van der Waals surface area contributed by atoms with Gasteiger partial charge in [0.15, 0.2) is 6.29 Å². The normalized spacial score (nSPS) is 28.9. The number of hydrogen-bond donors (Lipinski definition) is 4. The van der Waals surface area contributed by atoms with Crippen LogP contribution in [0.1, 0.15) is 13.8 Å². The summed E-state index contributed by atoms with van der Waals surface area (Å²) in [6, 6.07) is 0. The third-order valence-corrected chi connectivity index (χ3v) is 2.81. The molecule has 0 spiro atoms. The lowest BCUT2D eigenvalue weighted by Crippen LogP contribution is -2.54. The monoisotopic (exact) mass is 302 g/mol. The van der Waals surface area contributed by atoms with Crippen molar-refractivity contribution in [2.75, 3.05) is 13.2 Å². The van der Waals surface area contributed by atoms with Crippen LogP contribution in [-0.2, 0) is 9.47 Å². The van der Waals surface area contributed by atoms with E-state index in [9.17, 15) is 15.3 Å². The zero-order chi connectivity index (χ0) is 16.4. The number of rotatable bonds is 6. The van der Waals surface area contributed by atoms with Gasteiger partial charge < -0.3 is 29.9 Å². The van der Waals surface area contributed by atoms with E-state index in [0.717, 1.165) is 0 Å². The number of allylic oxidation sites excluding steroid dienone is 2. The Morgan fingerprint density at radius 2 is 1.95 bits per heavy atom. The first-order valence-electron chi connectivity index (χ1n) is 6.92. The first kappa shape index (κ1) is 20.0. The van der Waals surface area contributed by atoms with Gasteiger partial charge in [0, 0.05) is 5.57 Å². The number of aliphatic hydroxyl groups is 4. The molecule has 1 aliphatic heterocycles. The number of ether oxygens (including phenoxy) is 2. The van der Waals surface area contributed by atoms with Crippen molar-refractivity contribution in [2.24, 2.45) is 0 Å². The van der Waals surface area contributed by atoms with Crippen LogP contribution in [0.5, 0.6) is 0 Å². The molecule has 0 saturated carbocycles. The van der Waals surface area contributed by atoms with Gasteiger partial charge in [0.1, 0.15) is 24.4 Å². The van der Waals surface area contributed by atoms with Gasteiger partial charge in [-0.25, -0.2) is 0 Å². The van der Waals surface area contributed by atoms with E-state index < -0.39 is 37.3 Å². The van der Waals surface area contributed by atoms with Crippen LogP contribution in [0.15, 0.2) is 37.0 Å². The van der Waals surface area contributed by atoms with Crippen molar-refractivity contribution >= 4 is 0 Å². The maximum atomic E-state index is 9.80. The van der Waals surface area contributed by atoms with Crippen molar-refractivity contribution in [2.45, 2.75) is 44.6 Å². The first-order valence-corrected chi connectivity index (χ1v) is 6.92. The van der Waals surface area contributed by atoms with E-state index in [4.69, 9.17) is 14.6 Å². The standard InChI is InChI=1S/C13H20O6.C2H6/c1-3-5-8(4-2)13-18-7-10(16)12(19-13)11(17)9(15)6-14;1-2/h3-5,9-17H,1-2,6-7H2;1-2H3/b8-5+;. The second kappa shape index (κ2) is 10.7.